The molecule has 5 nitrogen and oxygen atoms in total. The van der Waals surface area contributed by atoms with Crippen molar-refractivity contribution in [2.45, 2.75) is 13.0 Å². The van der Waals surface area contributed by atoms with E-state index < -0.39 is 16.4 Å². The summed E-state index contributed by atoms with van der Waals surface area (Å²) in [4.78, 5) is 9.95. The Labute approximate surface area is 120 Å². The first-order valence-corrected chi connectivity index (χ1v) is 6.22. The lowest BCUT2D eigenvalue weighted by Gasteiger charge is -2.15. The Hall–Kier alpha value is -2.94. The van der Waals surface area contributed by atoms with Crippen LogP contribution in [-0.4, -0.2) is 4.92 Å². The van der Waals surface area contributed by atoms with E-state index in [9.17, 15) is 14.5 Å². The Morgan fingerprint density at radius 2 is 2.10 bits per heavy atom. The number of rotatable bonds is 4. The van der Waals surface area contributed by atoms with E-state index in [1.165, 1.54) is 6.07 Å². The number of nitriles is 1. The molecule has 1 atom stereocenters. The molecule has 0 bridgehead atoms. The van der Waals surface area contributed by atoms with E-state index in [2.05, 4.69) is 11.4 Å². The quantitative estimate of drug-likeness (QED) is 0.685. The number of nitro groups is 1. The largest absolute Gasteiger partial charge is 0.378 e. The average Bonchev–Trinajstić information content (AvgIpc) is 2.49. The van der Waals surface area contributed by atoms with Crippen molar-refractivity contribution >= 4 is 11.4 Å². The van der Waals surface area contributed by atoms with Crippen molar-refractivity contribution in [3.05, 3.63) is 69.5 Å². The van der Waals surface area contributed by atoms with Crippen LogP contribution < -0.4 is 5.32 Å². The van der Waals surface area contributed by atoms with Gasteiger partial charge in [0.1, 0.15) is 0 Å². The van der Waals surface area contributed by atoms with E-state index in [-0.39, 0.29) is 6.04 Å². The van der Waals surface area contributed by atoms with Crippen LogP contribution in [-0.2, 0) is 0 Å². The van der Waals surface area contributed by atoms with Crippen LogP contribution in [0.15, 0.2) is 42.5 Å². The zero-order valence-corrected chi connectivity index (χ0v) is 11.2. The molecule has 0 radical (unpaired) electrons. The van der Waals surface area contributed by atoms with Gasteiger partial charge in [0.15, 0.2) is 0 Å². The van der Waals surface area contributed by atoms with Crippen LogP contribution in [0.4, 0.5) is 15.8 Å². The molecule has 6 heteroatoms. The highest BCUT2D eigenvalue weighted by Gasteiger charge is 2.15. The minimum atomic E-state index is -0.871. The van der Waals surface area contributed by atoms with Gasteiger partial charge in [-0.2, -0.15) is 9.65 Å². The first kappa shape index (κ1) is 14.5. The summed E-state index contributed by atoms with van der Waals surface area (Å²) in [6, 6.07) is 12.6. The summed E-state index contributed by atoms with van der Waals surface area (Å²) < 4.78 is 13.3. The van der Waals surface area contributed by atoms with Gasteiger partial charge in [-0.3, -0.25) is 10.1 Å². The Kier molecular flexibility index (Phi) is 4.14. The fourth-order valence-electron chi connectivity index (χ4n) is 1.95. The molecule has 0 saturated carbocycles. The number of nitro benzene ring substituents is 1. The van der Waals surface area contributed by atoms with Crippen molar-refractivity contribution in [3.63, 3.8) is 0 Å². The second-order valence-electron chi connectivity index (χ2n) is 4.53. The van der Waals surface area contributed by atoms with Gasteiger partial charge in [-0.15, -0.1) is 0 Å². The van der Waals surface area contributed by atoms with Crippen LogP contribution in [0.25, 0.3) is 0 Å². The third-order valence-electron chi connectivity index (χ3n) is 3.04. The van der Waals surface area contributed by atoms with Gasteiger partial charge in [-0.1, -0.05) is 12.1 Å². The molecule has 0 aliphatic rings. The summed E-state index contributed by atoms with van der Waals surface area (Å²) in [6.07, 6.45) is 0. The summed E-state index contributed by atoms with van der Waals surface area (Å²) in [5.74, 6) is -0.871. The normalized spacial score (nSPS) is 11.5. The van der Waals surface area contributed by atoms with Gasteiger partial charge in [0, 0.05) is 17.8 Å². The molecule has 2 aromatic rings. The summed E-state index contributed by atoms with van der Waals surface area (Å²) in [5.41, 5.74) is 1.27. The number of anilines is 1. The van der Waals surface area contributed by atoms with Crippen molar-refractivity contribution in [3.8, 4) is 6.07 Å². The molecule has 0 saturated heterocycles. The summed E-state index contributed by atoms with van der Waals surface area (Å²) in [7, 11) is 0. The second kappa shape index (κ2) is 6.01. The minimum Gasteiger partial charge on any atom is -0.378 e. The highest BCUT2D eigenvalue weighted by molar-refractivity contribution is 5.53. The van der Waals surface area contributed by atoms with Crippen molar-refractivity contribution in [2.75, 3.05) is 5.32 Å². The molecular weight excluding hydrogens is 273 g/mol. The monoisotopic (exact) mass is 285 g/mol. The maximum Gasteiger partial charge on any atom is 0.306 e. The van der Waals surface area contributed by atoms with Crippen LogP contribution in [0.1, 0.15) is 24.1 Å². The molecule has 0 amide bonds. The molecule has 21 heavy (non-hydrogen) atoms. The van der Waals surface area contributed by atoms with Crippen molar-refractivity contribution < 1.29 is 9.31 Å². The van der Waals surface area contributed by atoms with Crippen molar-refractivity contribution in [2.24, 2.45) is 0 Å². The third kappa shape index (κ3) is 3.34. The molecule has 2 rings (SSSR count). The number of hydrogen-bond acceptors (Lipinski definition) is 4. The molecule has 0 aliphatic carbocycles. The molecule has 1 N–H and O–H groups in total. The van der Waals surface area contributed by atoms with Crippen LogP contribution in [0.5, 0.6) is 0 Å². The lowest BCUT2D eigenvalue weighted by molar-refractivity contribution is -0.387. The molecule has 2 aromatic carbocycles. The lowest BCUT2D eigenvalue weighted by atomic mass is 10.1. The molecule has 0 fully saturated rings. The van der Waals surface area contributed by atoms with Gasteiger partial charge in [-0.05, 0) is 36.8 Å². The van der Waals surface area contributed by atoms with E-state index >= 15 is 0 Å². The Bertz CT molecular complexity index is 725. The molecule has 0 heterocycles. The van der Waals surface area contributed by atoms with E-state index in [0.717, 1.165) is 17.7 Å². The highest BCUT2D eigenvalue weighted by Crippen LogP contribution is 2.25. The zero-order chi connectivity index (χ0) is 15.4. The van der Waals surface area contributed by atoms with Gasteiger partial charge < -0.3 is 5.32 Å². The van der Waals surface area contributed by atoms with Crippen LogP contribution >= 0.6 is 0 Å². The van der Waals surface area contributed by atoms with Crippen LogP contribution in [0.3, 0.4) is 0 Å². The SMILES string of the molecule is CC(Nc1ccc(F)c([N+](=O)[O-])c1)c1cccc(C#N)c1. The fraction of sp³-hybridized carbons (Fsp3) is 0.133. The summed E-state index contributed by atoms with van der Waals surface area (Å²) in [5, 5.41) is 22.6. The standard InChI is InChI=1S/C15H12FN3O2/c1-10(12-4-2-3-11(7-12)9-17)18-13-5-6-14(16)15(8-13)19(20)21/h2-8,10,18H,1H3. The predicted molar refractivity (Wildman–Crippen MR) is 76.2 cm³/mol. The number of nitrogens with one attached hydrogen (secondary N) is 1. The van der Waals surface area contributed by atoms with Crippen LogP contribution in [0, 0.1) is 27.3 Å². The summed E-state index contributed by atoms with van der Waals surface area (Å²) >= 11 is 0. The van der Waals surface area contributed by atoms with Gasteiger partial charge >= 0.3 is 5.69 Å². The fourth-order valence-corrected chi connectivity index (χ4v) is 1.95. The molecule has 1 unspecified atom stereocenters. The molecular formula is C15H12FN3O2. The number of nitrogens with zero attached hydrogens (tertiary/aromatic N) is 2. The Morgan fingerprint density at radius 3 is 2.76 bits per heavy atom. The topological polar surface area (TPSA) is 79.0 Å². The Morgan fingerprint density at radius 1 is 1.33 bits per heavy atom. The Balaban J connectivity index is 2.23. The van der Waals surface area contributed by atoms with Crippen LogP contribution in [0.2, 0.25) is 0 Å². The number of halogens is 1. The predicted octanol–water partition coefficient (Wildman–Crippen LogP) is 3.78. The van der Waals surface area contributed by atoms with Gasteiger partial charge in [0.2, 0.25) is 5.82 Å². The molecule has 0 aromatic heterocycles. The molecule has 0 spiro atoms. The first-order chi connectivity index (χ1) is 10.0. The average molecular weight is 285 g/mol. The zero-order valence-electron chi connectivity index (χ0n) is 11.2. The maximum absolute atomic E-state index is 13.3. The van der Waals surface area contributed by atoms with E-state index in [1.54, 1.807) is 18.2 Å². The lowest BCUT2D eigenvalue weighted by Crippen LogP contribution is -2.07. The molecule has 106 valence electrons. The summed E-state index contributed by atoms with van der Waals surface area (Å²) in [6.45, 7) is 1.85. The minimum absolute atomic E-state index is 0.177. The number of benzene rings is 2. The van der Waals surface area contributed by atoms with E-state index in [1.807, 2.05) is 13.0 Å². The maximum atomic E-state index is 13.3. The van der Waals surface area contributed by atoms with Gasteiger partial charge in [0.25, 0.3) is 0 Å². The molecule has 0 aliphatic heterocycles. The number of hydrogen-bond donors (Lipinski definition) is 1. The van der Waals surface area contributed by atoms with Gasteiger partial charge in [-0.25, -0.2) is 0 Å². The first-order valence-electron chi connectivity index (χ1n) is 6.22. The van der Waals surface area contributed by atoms with Crippen molar-refractivity contribution in [1.29, 1.82) is 5.26 Å². The van der Waals surface area contributed by atoms with Gasteiger partial charge in [0.05, 0.1) is 16.6 Å². The second-order valence-corrected chi connectivity index (χ2v) is 4.53. The smallest absolute Gasteiger partial charge is 0.306 e. The van der Waals surface area contributed by atoms with E-state index in [4.69, 9.17) is 5.26 Å². The highest BCUT2D eigenvalue weighted by atomic mass is 19.1. The van der Waals surface area contributed by atoms with E-state index in [0.29, 0.717) is 11.3 Å². The third-order valence-corrected chi connectivity index (χ3v) is 3.04. The van der Waals surface area contributed by atoms with Crippen molar-refractivity contribution in [1.82, 2.24) is 0 Å².